The van der Waals surface area contributed by atoms with Crippen molar-refractivity contribution in [1.82, 2.24) is 14.7 Å². The van der Waals surface area contributed by atoms with Crippen molar-refractivity contribution in [2.75, 3.05) is 39.3 Å². The standard InChI is InChI=1S/C14H27N3O2/c1-14(2,3)17-10-8-15(9-11-17)12-4-6-16(7-5-12)13(18)19/h12H,4-11H2,1-3H3,(H,18,19). The lowest BCUT2D eigenvalue weighted by Gasteiger charge is -2.46. The Morgan fingerprint density at radius 3 is 1.95 bits per heavy atom. The topological polar surface area (TPSA) is 47.0 Å². The van der Waals surface area contributed by atoms with E-state index in [4.69, 9.17) is 5.11 Å². The number of rotatable bonds is 1. The first-order chi connectivity index (χ1) is 8.88. The zero-order chi connectivity index (χ0) is 14.0. The second-order valence-electron chi connectivity index (χ2n) is 6.69. The van der Waals surface area contributed by atoms with E-state index in [1.54, 1.807) is 4.90 Å². The van der Waals surface area contributed by atoms with Crippen LogP contribution in [0.2, 0.25) is 0 Å². The largest absolute Gasteiger partial charge is 0.465 e. The highest BCUT2D eigenvalue weighted by molar-refractivity contribution is 5.65. The molecule has 0 bridgehead atoms. The predicted molar refractivity (Wildman–Crippen MR) is 75.5 cm³/mol. The van der Waals surface area contributed by atoms with Crippen LogP contribution in [0.5, 0.6) is 0 Å². The van der Waals surface area contributed by atoms with Crippen molar-refractivity contribution in [1.29, 1.82) is 0 Å². The molecular weight excluding hydrogens is 242 g/mol. The fraction of sp³-hybridized carbons (Fsp3) is 0.929. The average molecular weight is 269 g/mol. The molecule has 0 aromatic heterocycles. The Hall–Kier alpha value is -0.810. The van der Waals surface area contributed by atoms with Crippen LogP contribution in [-0.4, -0.2) is 76.7 Å². The van der Waals surface area contributed by atoms with Crippen molar-refractivity contribution in [2.24, 2.45) is 0 Å². The minimum absolute atomic E-state index is 0.263. The van der Waals surface area contributed by atoms with E-state index >= 15 is 0 Å². The molecule has 2 rings (SSSR count). The van der Waals surface area contributed by atoms with E-state index < -0.39 is 6.09 Å². The second kappa shape index (κ2) is 5.67. The molecule has 0 aliphatic carbocycles. The Morgan fingerprint density at radius 2 is 1.53 bits per heavy atom. The number of amides is 1. The minimum atomic E-state index is -0.768. The summed E-state index contributed by atoms with van der Waals surface area (Å²) in [5, 5.41) is 8.96. The molecule has 2 aliphatic heterocycles. The number of piperazine rings is 1. The SMILES string of the molecule is CC(C)(C)N1CCN(C2CCN(C(=O)O)CC2)CC1. The lowest BCUT2D eigenvalue weighted by atomic mass is 10.0. The number of piperidine rings is 1. The predicted octanol–water partition coefficient (Wildman–Crippen LogP) is 1.54. The number of carbonyl (C=O) groups is 1. The van der Waals surface area contributed by atoms with Gasteiger partial charge in [0.05, 0.1) is 0 Å². The first-order valence-electron chi connectivity index (χ1n) is 7.35. The maximum atomic E-state index is 10.9. The van der Waals surface area contributed by atoms with Crippen molar-refractivity contribution >= 4 is 6.09 Å². The van der Waals surface area contributed by atoms with Gasteiger partial charge in [0.25, 0.3) is 0 Å². The lowest BCUT2D eigenvalue weighted by Crippen LogP contribution is -2.57. The third kappa shape index (κ3) is 3.60. The van der Waals surface area contributed by atoms with E-state index in [1.807, 2.05) is 0 Å². The summed E-state index contributed by atoms with van der Waals surface area (Å²) >= 11 is 0. The van der Waals surface area contributed by atoms with Gasteiger partial charge < -0.3 is 10.0 Å². The fourth-order valence-corrected chi connectivity index (χ4v) is 3.18. The van der Waals surface area contributed by atoms with Gasteiger partial charge in [-0.25, -0.2) is 4.79 Å². The fourth-order valence-electron chi connectivity index (χ4n) is 3.18. The number of carboxylic acid groups (broad SMARTS) is 1. The lowest BCUT2D eigenvalue weighted by molar-refractivity contribution is 0.0246. The smallest absolute Gasteiger partial charge is 0.407 e. The van der Waals surface area contributed by atoms with E-state index in [0.29, 0.717) is 19.1 Å². The molecule has 0 aromatic carbocycles. The molecule has 1 amide bonds. The molecular formula is C14H27N3O2. The monoisotopic (exact) mass is 269 g/mol. The molecule has 5 nitrogen and oxygen atoms in total. The summed E-state index contributed by atoms with van der Waals surface area (Å²) in [6.07, 6.45) is 1.21. The van der Waals surface area contributed by atoms with E-state index in [9.17, 15) is 4.79 Å². The molecule has 0 aromatic rings. The molecule has 1 N–H and O–H groups in total. The van der Waals surface area contributed by atoms with Gasteiger partial charge in [-0.2, -0.15) is 0 Å². The maximum absolute atomic E-state index is 10.9. The third-order valence-electron chi connectivity index (χ3n) is 4.51. The summed E-state index contributed by atoms with van der Waals surface area (Å²) in [5.41, 5.74) is 0.263. The number of hydrogen-bond donors (Lipinski definition) is 1. The average Bonchev–Trinajstić information content (AvgIpc) is 2.38. The highest BCUT2D eigenvalue weighted by Gasteiger charge is 2.31. The summed E-state index contributed by atoms with van der Waals surface area (Å²) < 4.78 is 0. The number of hydrogen-bond acceptors (Lipinski definition) is 3. The molecule has 2 saturated heterocycles. The van der Waals surface area contributed by atoms with Gasteiger partial charge in [0, 0.05) is 50.8 Å². The van der Waals surface area contributed by atoms with Gasteiger partial charge in [-0.3, -0.25) is 9.80 Å². The van der Waals surface area contributed by atoms with E-state index in [-0.39, 0.29) is 5.54 Å². The van der Waals surface area contributed by atoms with Crippen LogP contribution in [0.25, 0.3) is 0 Å². The van der Waals surface area contributed by atoms with Crippen LogP contribution in [-0.2, 0) is 0 Å². The normalized spacial score (nSPS) is 24.7. The van der Waals surface area contributed by atoms with Crippen LogP contribution < -0.4 is 0 Å². The molecule has 2 heterocycles. The zero-order valence-electron chi connectivity index (χ0n) is 12.4. The van der Waals surface area contributed by atoms with Crippen molar-refractivity contribution in [3.8, 4) is 0 Å². The zero-order valence-corrected chi connectivity index (χ0v) is 12.4. The van der Waals surface area contributed by atoms with Gasteiger partial charge in [0.2, 0.25) is 0 Å². The summed E-state index contributed by atoms with van der Waals surface area (Å²) in [5.74, 6) is 0. The first-order valence-corrected chi connectivity index (χ1v) is 7.35. The van der Waals surface area contributed by atoms with E-state index in [2.05, 4.69) is 30.6 Å². The van der Waals surface area contributed by atoms with Crippen molar-refractivity contribution in [3.05, 3.63) is 0 Å². The highest BCUT2D eigenvalue weighted by Crippen LogP contribution is 2.21. The molecule has 2 fully saturated rings. The molecule has 0 atom stereocenters. The summed E-state index contributed by atoms with van der Waals surface area (Å²) in [6.45, 7) is 12.7. The Kier molecular flexibility index (Phi) is 4.36. The Morgan fingerprint density at radius 1 is 1.00 bits per heavy atom. The molecule has 5 heteroatoms. The maximum Gasteiger partial charge on any atom is 0.407 e. The van der Waals surface area contributed by atoms with Crippen molar-refractivity contribution in [2.45, 2.75) is 45.2 Å². The van der Waals surface area contributed by atoms with Gasteiger partial charge in [0.15, 0.2) is 0 Å². The van der Waals surface area contributed by atoms with Crippen LogP contribution in [0.4, 0.5) is 4.79 Å². The molecule has 0 spiro atoms. The van der Waals surface area contributed by atoms with E-state index in [0.717, 1.165) is 39.0 Å². The molecule has 0 radical (unpaired) electrons. The Labute approximate surface area is 116 Å². The second-order valence-corrected chi connectivity index (χ2v) is 6.69. The van der Waals surface area contributed by atoms with Crippen molar-refractivity contribution in [3.63, 3.8) is 0 Å². The first kappa shape index (κ1) is 14.6. The molecule has 110 valence electrons. The number of likely N-dealkylation sites (tertiary alicyclic amines) is 1. The third-order valence-corrected chi connectivity index (χ3v) is 4.51. The van der Waals surface area contributed by atoms with Crippen LogP contribution in [0.3, 0.4) is 0 Å². The van der Waals surface area contributed by atoms with Crippen LogP contribution in [0.15, 0.2) is 0 Å². The molecule has 0 saturated carbocycles. The van der Waals surface area contributed by atoms with Crippen LogP contribution in [0, 0.1) is 0 Å². The van der Waals surface area contributed by atoms with Gasteiger partial charge in [-0.15, -0.1) is 0 Å². The van der Waals surface area contributed by atoms with Gasteiger partial charge in [-0.05, 0) is 33.6 Å². The van der Waals surface area contributed by atoms with E-state index in [1.165, 1.54) is 0 Å². The number of nitrogens with zero attached hydrogens (tertiary/aromatic N) is 3. The van der Waals surface area contributed by atoms with Gasteiger partial charge in [0.1, 0.15) is 0 Å². The minimum Gasteiger partial charge on any atom is -0.465 e. The summed E-state index contributed by atoms with van der Waals surface area (Å²) in [7, 11) is 0. The highest BCUT2D eigenvalue weighted by atomic mass is 16.4. The Balaban J connectivity index is 1.78. The van der Waals surface area contributed by atoms with Crippen LogP contribution in [0.1, 0.15) is 33.6 Å². The van der Waals surface area contributed by atoms with Crippen molar-refractivity contribution < 1.29 is 9.90 Å². The molecule has 19 heavy (non-hydrogen) atoms. The quantitative estimate of drug-likeness (QED) is 0.784. The van der Waals surface area contributed by atoms with Crippen LogP contribution >= 0.6 is 0 Å². The van der Waals surface area contributed by atoms with Gasteiger partial charge >= 0.3 is 6.09 Å². The van der Waals surface area contributed by atoms with Gasteiger partial charge in [-0.1, -0.05) is 0 Å². The Bertz CT molecular complexity index is 311. The molecule has 0 unspecified atom stereocenters. The summed E-state index contributed by atoms with van der Waals surface area (Å²) in [4.78, 5) is 17.5. The molecule has 2 aliphatic rings. The summed E-state index contributed by atoms with van der Waals surface area (Å²) in [6, 6.07) is 0.581.